The Kier molecular flexibility index (Phi) is 7.59. The Hall–Kier alpha value is -1.01. The molecule has 0 aromatic rings. The van der Waals surface area contributed by atoms with Gasteiger partial charge >= 0.3 is 0 Å². The highest BCUT2D eigenvalue weighted by atomic mass is 16.2. The van der Waals surface area contributed by atoms with Gasteiger partial charge in [0.05, 0.1) is 0 Å². The molecule has 1 fully saturated rings. The van der Waals surface area contributed by atoms with E-state index in [0.29, 0.717) is 18.4 Å². The molecule has 1 rings (SSSR count). The number of nitrogens with zero attached hydrogens (tertiary/aromatic N) is 1. The number of hydrogen-bond acceptors (Lipinski definition) is 2. The van der Waals surface area contributed by atoms with Crippen molar-refractivity contribution in [1.82, 2.24) is 10.2 Å². The van der Waals surface area contributed by atoms with Crippen molar-refractivity contribution >= 4 is 5.91 Å². The van der Waals surface area contributed by atoms with Gasteiger partial charge in [0, 0.05) is 25.4 Å². The summed E-state index contributed by atoms with van der Waals surface area (Å²) in [6, 6.07) is 0.294. The molecule has 0 aliphatic carbocycles. The minimum Gasteiger partial charge on any atom is -0.340 e. The molecule has 1 saturated heterocycles. The summed E-state index contributed by atoms with van der Waals surface area (Å²) < 4.78 is 0. The molecule has 0 radical (unpaired) electrons. The van der Waals surface area contributed by atoms with Gasteiger partial charge in [-0.05, 0) is 58.5 Å². The first-order valence-electron chi connectivity index (χ1n) is 7.58. The van der Waals surface area contributed by atoms with E-state index in [-0.39, 0.29) is 5.91 Å². The largest absolute Gasteiger partial charge is 0.340 e. The van der Waals surface area contributed by atoms with E-state index in [9.17, 15) is 4.79 Å². The fourth-order valence-electron chi connectivity index (χ4n) is 2.61. The minimum absolute atomic E-state index is 0.289. The first-order valence-corrected chi connectivity index (χ1v) is 7.58. The van der Waals surface area contributed by atoms with E-state index >= 15 is 0 Å². The number of nitrogens with one attached hydrogen (secondary N) is 1. The van der Waals surface area contributed by atoms with Crippen LogP contribution in [-0.4, -0.2) is 36.5 Å². The molecule has 1 N–H and O–H groups in total. The van der Waals surface area contributed by atoms with Gasteiger partial charge in [-0.2, -0.15) is 0 Å². The second-order valence-electron chi connectivity index (χ2n) is 5.76. The van der Waals surface area contributed by atoms with Crippen LogP contribution in [0.25, 0.3) is 0 Å². The third-order valence-electron chi connectivity index (χ3n) is 3.76. The molecule has 19 heavy (non-hydrogen) atoms. The van der Waals surface area contributed by atoms with E-state index in [1.54, 1.807) is 0 Å². The average Bonchev–Trinajstić information content (AvgIpc) is 2.41. The van der Waals surface area contributed by atoms with Gasteiger partial charge < -0.3 is 10.2 Å². The van der Waals surface area contributed by atoms with E-state index in [2.05, 4.69) is 25.1 Å². The minimum atomic E-state index is 0.289. The first-order chi connectivity index (χ1) is 9.15. The zero-order chi connectivity index (χ0) is 14.1. The van der Waals surface area contributed by atoms with Gasteiger partial charge in [-0.15, -0.1) is 12.3 Å². The van der Waals surface area contributed by atoms with Crippen LogP contribution in [0.1, 0.15) is 52.4 Å². The Morgan fingerprint density at radius 3 is 2.84 bits per heavy atom. The number of unbranched alkanes of at least 4 members (excludes halogenated alkanes) is 2. The first kappa shape index (κ1) is 16.0. The Labute approximate surface area is 118 Å². The van der Waals surface area contributed by atoms with Gasteiger partial charge in [0.25, 0.3) is 0 Å². The highest BCUT2D eigenvalue weighted by Gasteiger charge is 2.22. The highest BCUT2D eigenvalue weighted by molar-refractivity contribution is 5.76. The van der Waals surface area contributed by atoms with E-state index in [4.69, 9.17) is 6.42 Å². The zero-order valence-corrected chi connectivity index (χ0v) is 12.5. The van der Waals surface area contributed by atoms with Crippen LogP contribution in [-0.2, 0) is 4.79 Å². The van der Waals surface area contributed by atoms with Crippen LogP contribution >= 0.6 is 0 Å². The van der Waals surface area contributed by atoms with Crippen molar-refractivity contribution in [2.45, 2.75) is 58.4 Å². The molecule has 3 heteroatoms. The smallest absolute Gasteiger partial charge is 0.222 e. The van der Waals surface area contributed by atoms with E-state index in [1.165, 1.54) is 12.8 Å². The Morgan fingerprint density at radius 1 is 1.47 bits per heavy atom. The van der Waals surface area contributed by atoms with Crippen molar-refractivity contribution in [3.05, 3.63) is 0 Å². The Balaban J connectivity index is 2.37. The van der Waals surface area contributed by atoms with Gasteiger partial charge in [-0.3, -0.25) is 4.79 Å². The molecule has 1 heterocycles. The van der Waals surface area contributed by atoms with Crippen LogP contribution < -0.4 is 5.32 Å². The number of carbonyl (C=O) groups excluding carboxylic acids is 1. The average molecular weight is 264 g/mol. The van der Waals surface area contributed by atoms with Crippen molar-refractivity contribution in [2.75, 3.05) is 19.6 Å². The molecule has 1 amide bonds. The number of hydrogen-bond donors (Lipinski definition) is 1. The fourth-order valence-corrected chi connectivity index (χ4v) is 2.61. The van der Waals surface area contributed by atoms with E-state index in [0.717, 1.165) is 38.9 Å². The van der Waals surface area contributed by atoms with Gasteiger partial charge in [-0.25, -0.2) is 0 Å². The van der Waals surface area contributed by atoms with Crippen LogP contribution in [0, 0.1) is 18.3 Å². The topological polar surface area (TPSA) is 32.3 Å². The summed E-state index contributed by atoms with van der Waals surface area (Å²) in [5, 5.41) is 3.42. The normalized spacial score (nSPS) is 19.2. The molecule has 0 spiro atoms. The highest BCUT2D eigenvalue weighted by Crippen LogP contribution is 2.15. The number of amides is 1. The van der Waals surface area contributed by atoms with Gasteiger partial charge in [0.2, 0.25) is 5.91 Å². The predicted molar refractivity (Wildman–Crippen MR) is 79.7 cm³/mol. The summed E-state index contributed by atoms with van der Waals surface area (Å²) in [5.41, 5.74) is 0. The Bertz CT molecular complexity index is 300. The van der Waals surface area contributed by atoms with Crippen LogP contribution in [0.15, 0.2) is 0 Å². The maximum Gasteiger partial charge on any atom is 0.222 e. The van der Waals surface area contributed by atoms with Crippen LogP contribution in [0.5, 0.6) is 0 Å². The molecule has 108 valence electrons. The van der Waals surface area contributed by atoms with Crippen molar-refractivity contribution in [3.63, 3.8) is 0 Å². The molecule has 0 aromatic carbocycles. The maximum absolute atomic E-state index is 12.3. The quantitative estimate of drug-likeness (QED) is 0.566. The number of terminal acetylenes is 1. The van der Waals surface area contributed by atoms with Crippen LogP contribution in [0.3, 0.4) is 0 Å². The second kappa shape index (κ2) is 8.98. The maximum atomic E-state index is 12.3. The molecule has 1 unspecified atom stereocenters. The number of piperidine rings is 1. The molecular weight excluding hydrogens is 236 g/mol. The van der Waals surface area contributed by atoms with Gasteiger partial charge in [0.15, 0.2) is 0 Å². The van der Waals surface area contributed by atoms with Gasteiger partial charge in [-0.1, -0.05) is 0 Å². The molecule has 1 aliphatic heterocycles. The summed E-state index contributed by atoms with van der Waals surface area (Å²) in [7, 11) is 0. The zero-order valence-electron chi connectivity index (χ0n) is 12.5. The number of rotatable bonds is 7. The summed E-state index contributed by atoms with van der Waals surface area (Å²) in [6.07, 6.45) is 11.0. The monoisotopic (exact) mass is 264 g/mol. The SMILES string of the molecule is C#CCCCCC(=O)N(CC1CCCNC1)C(C)C. The Morgan fingerprint density at radius 2 is 2.26 bits per heavy atom. The lowest BCUT2D eigenvalue weighted by molar-refractivity contribution is -0.133. The second-order valence-corrected chi connectivity index (χ2v) is 5.76. The van der Waals surface area contributed by atoms with Crippen molar-refractivity contribution in [3.8, 4) is 12.3 Å². The molecule has 0 saturated carbocycles. The molecule has 0 aromatic heterocycles. The standard InChI is InChI=1S/C16H28N2O/c1-4-5-6-7-10-16(19)18(14(2)3)13-15-9-8-11-17-12-15/h1,14-15,17H,5-13H2,2-3H3. The predicted octanol–water partition coefficient (Wildman–Crippen LogP) is 2.42. The van der Waals surface area contributed by atoms with E-state index < -0.39 is 0 Å². The lowest BCUT2D eigenvalue weighted by Gasteiger charge is -2.33. The van der Waals surface area contributed by atoms with Crippen LogP contribution in [0.2, 0.25) is 0 Å². The third kappa shape index (κ3) is 6.11. The van der Waals surface area contributed by atoms with Crippen molar-refractivity contribution in [1.29, 1.82) is 0 Å². The van der Waals surface area contributed by atoms with Crippen molar-refractivity contribution in [2.24, 2.45) is 5.92 Å². The summed E-state index contributed by atoms with van der Waals surface area (Å²) >= 11 is 0. The lowest BCUT2D eigenvalue weighted by Crippen LogP contribution is -2.44. The van der Waals surface area contributed by atoms with Gasteiger partial charge in [0.1, 0.15) is 0 Å². The van der Waals surface area contributed by atoms with Crippen molar-refractivity contribution < 1.29 is 4.79 Å². The molecule has 3 nitrogen and oxygen atoms in total. The summed E-state index contributed by atoms with van der Waals surface area (Å²) in [4.78, 5) is 14.3. The molecule has 0 bridgehead atoms. The summed E-state index contributed by atoms with van der Waals surface area (Å²) in [5.74, 6) is 3.53. The molecule has 1 aliphatic rings. The molecular formula is C16H28N2O. The number of carbonyl (C=O) groups is 1. The third-order valence-corrected chi connectivity index (χ3v) is 3.76. The molecule has 1 atom stereocenters. The van der Waals surface area contributed by atoms with Crippen LogP contribution in [0.4, 0.5) is 0 Å². The fraction of sp³-hybridized carbons (Fsp3) is 0.812. The lowest BCUT2D eigenvalue weighted by atomic mass is 9.98. The van der Waals surface area contributed by atoms with E-state index in [1.807, 2.05) is 4.90 Å². The summed E-state index contributed by atoms with van der Waals surface area (Å²) in [6.45, 7) is 7.29.